The number of amides is 2. The molecule has 3 rings (SSSR count). The van der Waals surface area contributed by atoms with Gasteiger partial charge in [0, 0.05) is 18.7 Å². The molecule has 1 saturated heterocycles. The smallest absolute Gasteiger partial charge is 0.323 e. The molecule has 1 aromatic carbocycles. The van der Waals surface area contributed by atoms with Crippen LogP contribution < -0.4 is 5.32 Å². The van der Waals surface area contributed by atoms with Gasteiger partial charge in [-0.3, -0.25) is 5.32 Å². The number of anilines is 1. The number of rotatable bonds is 3. The van der Waals surface area contributed by atoms with E-state index in [1.807, 2.05) is 30.3 Å². The van der Waals surface area contributed by atoms with Crippen LogP contribution in [0.3, 0.4) is 0 Å². The fourth-order valence-electron chi connectivity index (χ4n) is 2.91. The van der Waals surface area contributed by atoms with E-state index in [-0.39, 0.29) is 13.1 Å². The van der Waals surface area contributed by atoms with Gasteiger partial charge in [-0.25, -0.2) is 14.2 Å². The van der Waals surface area contributed by atoms with Gasteiger partial charge in [0.25, 0.3) is 0 Å². The van der Waals surface area contributed by atoms with E-state index in [4.69, 9.17) is 0 Å². The molecule has 120 valence electrons. The van der Waals surface area contributed by atoms with E-state index in [1.165, 1.54) is 4.90 Å². The Labute approximate surface area is 133 Å². The molecular weight excluding hydrogens is 297 g/mol. The lowest BCUT2D eigenvalue weighted by Gasteiger charge is -2.23. The number of carbonyl (C=O) groups is 1. The van der Waals surface area contributed by atoms with Gasteiger partial charge in [0.2, 0.25) is 0 Å². The summed E-state index contributed by atoms with van der Waals surface area (Å²) in [5.74, 6) is -0.141. The highest BCUT2D eigenvalue weighted by Crippen LogP contribution is 2.39. The van der Waals surface area contributed by atoms with E-state index in [2.05, 4.69) is 10.3 Å². The van der Waals surface area contributed by atoms with Crippen molar-refractivity contribution in [3.8, 4) is 0 Å². The lowest BCUT2D eigenvalue weighted by Crippen LogP contribution is -2.39. The van der Waals surface area contributed by atoms with Crippen LogP contribution in [0.25, 0.3) is 0 Å². The Balaban J connectivity index is 1.77. The van der Waals surface area contributed by atoms with E-state index in [1.54, 1.807) is 24.4 Å². The van der Waals surface area contributed by atoms with Gasteiger partial charge in [-0.05, 0) is 17.7 Å². The summed E-state index contributed by atoms with van der Waals surface area (Å²) in [7, 11) is 0. The highest BCUT2D eigenvalue weighted by atomic mass is 19.1. The van der Waals surface area contributed by atoms with Crippen molar-refractivity contribution >= 4 is 11.8 Å². The number of nitrogens with zero attached hydrogens (tertiary/aromatic N) is 2. The monoisotopic (exact) mass is 315 g/mol. The van der Waals surface area contributed by atoms with Gasteiger partial charge in [0.1, 0.15) is 5.82 Å². The molecule has 0 radical (unpaired) electrons. The fraction of sp³-hybridized carbons (Fsp3) is 0.294. The summed E-state index contributed by atoms with van der Waals surface area (Å²) in [5, 5.41) is 12.1. The van der Waals surface area contributed by atoms with Crippen molar-refractivity contribution in [2.24, 2.45) is 0 Å². The van der Waals surface area contributed by atoms with E-state index in [9.17, 15) is 9.90 Å². The molecule has 5 nitrogen and oxygen atoms in total. The molecule has 0 aliphatic carbocycles. The van der Waals surface area contributed by atoms with Crippen LogP contribution in [-0.4, -0.2) is 46.4 Å². The average molecular weight is 315 g/mol. The first kappa shape index (κ1) is 15.4. The average Bonchev–Trinajstić information content (AvgIpc) is 2.95. The Morgan fingerprint density at radius 1 is 1.30 bits per heavy atom. The van der Waals surface area contributed by atoms with Crippen molar-refractivity contribution in [1.82, 2.24) is 9.88 Å². The second-order valence-corrected chi connectivity index (χ2v) is 5.68. The normalized spacial score (nSPS) is 23.7. The Hall–Kier alpha value is -2.47. The van der Waals surface area contributed by atoms with Crippen molar-refractivity contribution in [3.63, 3.8) is 0 Å². The number of hydrogen-bond acceptors (Lipinski definition) is 3. The molecule has 0 bridgehead atoms. The van der Waals surface area contributed by atoms with Crippen LogP contribution in [0.1, 0.15) is 11.5 Å². The van der Waals surface area contributed by atoms with Crippen molar-refractivity contribution < 1.29 is 14.3 Å². The van der Waals surface area contributed by atoms with Crippen LogP contribution in [-0.2, 0) is 0 Å². The summed E-state index contributed by atoms with van der Waals surface area (Å²) < 4.78 is 15.1. The summed E-state index contributed by atoms with van der Waals surface area (Å²) >= 11 is 0. The third-order valence-electron chi connectivity index (χ3n) is 4.13. The van der Waals surface area contributed by atoms with Crippen LogP contribution in [0.4, 0.5) is 15.0 Å². The second kappa shape index (κ2) is 6.34. The zero-order valence-corrected chi connectivity index (χ0v) is 12.5. The Morgan fingerprint density at radius 3 is 2.70 bits per heavy atom. The van der Waals surface area contributed by atoms with Gasteiger partial charge in [-0.15, -0.1) is 0 Å². The highest BCUT2D eigenvalue weighted by molar-refractivity contribution is 5.88. The number of alkyl halides is 1. The minimum absolute atomic E-state index is 0.151. The number of nitrogens with one attached hydrogen (secondary N) is 1. The maximum absolute atomic E-state index is 15.1. The highest BCUT2D eigenvalue weighted by Gasteiger charge is 2.49. The van der Waals surface area contributed by atoms with E-state index in [0.29, 0.717) is 5.82 Å². The summed E-state index contributed by atoms with van der Waals surface area (Å²) in [5.41, 5.74) is -1.07. The topological polar surface area (TPSA) is 65.5 Å². The molecule has 2 atom stereocenters. The van der Waals surface area contributed by atoms with Crippen molar-refractivity contribution in [3.05, 3.63) is 60.3 Å². The molecule has 1 aromatic heterocycles. The number of pyridine rings is 1. The first-order chi connectivity index (χ1) is 11.1. The third-order valence-corrected chi connectivity index (χ3v) is 4.13. The minimum atomic E-state index is -1.84. The number of carbonyl (C=O) groups excluding carboxylic acids is 1. The maximum atomic E-state index is 15.1. The minimum Gasteiger partial charge on any atom is -0.393 e. The van der Waals surface area contributed by atoms with E-state index < -0.39 is 24.2 Å². The number of aliphatic hydroxyl groups is 1. The van der Waals surface area contributed by atoms with Gasteiger partial charge in [0.15, 0.2) is 5.67 Å². The first-order valence-corrected chi connectivity index (χ1v) is 7.44. The van der Waals surface area contributed by atoms with Gasteiger partial charge < -0.3 is 10.0 Å². The van der Waals surface area contributed by atoms with Gasteiger partial charge in [-0.1, -0.05) is 36.4 Å². The predicted octanol–water partition coefficient (Wildman–Crippen LogP) is 2.41. The lowest BCUT2D eigenvalue weighted by atomic mass is 9.87. The second-order valence-electron chi connectivity index (χ2n) is 5.68. The Kier molecular flexibility index (Phi) is 4.25. The Morgan fingerprint density at radius 2 is 2.04 bits per heavy atom. The summed E-state index contributed by atoms with van der Waals surface area (Å²) in [6.07, 6.45) is 1.57. The number of halogens is 1. The Bertz CT molecular complexity index is 668. The third kappa shape index (κ3) is 3.17. The molecule has 2 aromatic rings. The maximum Gasteiger partial charge on any atom is 0.323 e. The quantitative estimate of drug-likeness (QED) is 0.914. The number of aromatic nitrogens is 1. The van der Waals surface area contributed by atoms with Gasteiger partial charge in [0.05, 0.1) is 13.2 Å². The van der Waals surface area contributed by atoms with Crippen LogP contribution in [0.5, 0.6) is 0 Å². The molecule has 1 aliphatic rings. The molecular formula is C17H18FN3O2. The van der Waals surface area contributed by atoms with Crippen LogP contribution in [0.2, 0.25) is 0 Å². The zero-order valence-electron chi connectivity index (χ0n) is 12.5. The summed E-state index contributed by atoms with van der Waals surface area (Å²) in [4.78, 5) is 17.7. The fourth-order valence-corrected chi connectivity index (χ4v) is 2.91. The predicted molar refractivity (Wildman–Crippen MR) is 84.9 cm³/mol. The van der Waals surface area contributed by atoms with Crippen molar-refractivity contribution in [2.45, 2.75) is 11.6 Å². The number of aliphatic hydroxyl groups excluding tert-OH is 1. The number of hydrogen-bond donors (Lipinski definition) is 2. The molecule has 1 aliphatic heterocycles. The van der Waals surface area contributed by atoms with Crippen LogP contribution >= 0.6 is 0 Å². The van der Waals surface area contributed by atoms with E-state index >= 15 is 4.39 Å². The van der Waals surface area contributed by atoms with Gasteiger partial charge in [-0.2, -0.15) is 0 Å². The molecule has 2 heterocycles. The number of benzene rings is 1. The molecule has 0 saturated carbocycles. The van der Waals surface area contributed by atoms with Crippen LogP contribution in [0, 0.1) is 0 Å². The van der Waals surface area contributed by atoms with Crippen LogP contribution in [0.15, 0.2) is 54.7 Å². The SMILES string of the molecule is O=C(Nc1ccccn1)N1C[C@H](c2ccccc2)[C@@](F)(CO)C1. The summed E-state index contributed by atoms with van der Waals surface area (Å²) in [6.45, 7) is -0.568. The standard InChI is InChI=1S/C17H18FN3O2/c18-17(12-22)11-21(10-14(17)13-6-2-1-3-7-13)16(23)20-15-8-4-5-9-19-15/h1-9,14,22H,10-12H2,(H,19,20,23)/t14-,17+/m1/s1. The molecule has 0 unspecified atom stereocenters. The van der Waals surface area contributed by atoms with Crippen molar-refractivity contribution in [2.75, 3.05) is 25.0 Å². The van der Waals surface area contributed by atoms with Gasteiger partial charge >= 0.3 is 6.03 Å². The summed E-state index contributed by atoms with van der Waals surface area (Å²) in [6, 6.07) is 13.9. The lowest BCUT2D eigenvalue weighted by molar-refractivity contribution is 0.0680. The molecule has 0 spiro atoms. The number of urea groups is 1. The molecule has 1 fully saturated rings. The molecule has 2 amide bonds. The molecule has 2 N–H and O–H groups in total. The molecule has 6 heteroatoms. The van der Waals surface area contributed by atoms with E-state index in [0.717, 1.165) is 5.56 Å². The number of likely N-dealkylation sites (tertiary alicyclic amines) is 1. The first-order valence-electron chi connectivity index (χ1n) is 7.44. The largest absolute Gasteiger partial charge is 0.393 e. The molecule has 23 heavy (non-hydrogen) atoms. The zero-order chi connectivity index (χ0) is 16.3. The van der Waals surface area contributed by atoms with Crippen molar-refractivity contribution in [1.29, 1.82) is 0 Å².